The summed E-state index contributed by atoms with van der Waals surface area (Å²) >= 11 is 7.65. The van der Waals surface area contributed by atoms with Gasteiger partial charge in [0.2, 0.25) is 5.91 Å². The van der Waals surface area contributed by atoms with Crippen LogP contribution in [-0.2, 0) is 9.53 Å². The number of morpholine rings is 1. The highest BCUT2D eigenvalue weighted by Crippen LogP contribution is 2.31. The molecule has 1 amide bonds. The van der Waals surface area contributed by atoms with E-state index in [1.54, 1.807) is 12.3 Å². The molecule has 1 aliphatic heterocycles. The van der Waals surface area contributed by atoms with E-state index < -0.39 is 0 Å². The first-order valence-corrected chi connectivity index (χ1v) is 10.5. The molecule has 1 aromatic heterocycles. The van der Waals surface area contributed by atoms with E-state index in [0.29, 0.717) is 24.0 Å². The van der Waals surface area contributed by atoms with Crippen LogP contribution in [-0.4, -0.2) is 42.9 Å². The molecule has 0 atom stereocenters. The number of fused-ring (bicyclic) bond motifs is 1. The molecule has 1 aliphatic rings. The molecule has 144 valence electrons. The number of amides is 1. The van der Waals surface area contributed by atoms with Crippen LogP contribution in [0.2, 0.25) is 5.02 Å². The number of nitrogens with zero attached hydrogens (tertiary/aromatic N) is 2. The highest BCUT2D eigenvalue weighted by atomic mass is 35.5. The zero-order valence-corrected chi connectivity index (χ0v) is 16.8. The number of ether oxygens (including phenoxy) is 1. The van der Waals surface area contributed by atoms with Crippen molar-refractivity contribution in [1.29, 1.82) is 0 Å². The van der Waals surface area contributed by atoms with E-state index in [4.69, 9.17) is 16.3 Å². The van der Waals surface area contributed by atoms with Crippen molar-refractivity contribution < 1.29 is 9.53 Å². The first-order chi connectivity index (χ1) is 13.7. The molecule has 7 heteroatoms. The van der Waals surface area contributed by atoms with E-state index in [-0.39, 0.29) is 5.91 Å². The number of aromatic nitrogens is 1. The first kappa shape index (κ1) is 19.1. The molecule has 1 N–H and O–H groups in total. The Morgan fingerprint density at radius 1 is 1.18 bits per heavy atom. The summed E-state index contributed by atoms with van der Waals surface area (Å²) in [5.74, 6) is 0.222. The quantitative estimate of drug-likeness (QED) is 0.626. The summed E-state index contributed by atoms with van der Waals surface area (Å²) < 4.78 is 5.42. The van der Waals surface area contributed by atoms with Gasteiger partial charge in [-0.05, 0) is 30.3 Å². The number of pyridine rings is 1. The van der Waals surface area contributed by atoms with Crippen LogP contribution < -0.4 is 10.2 Å². The summed E-state index contributed by atoms with van der Waals surface area (Å²) in [7, 11) is 0. The summed E-state index contributed by atoms with van der Waals surface area (Å²) in [5.41, 5.74) is 2.62. The number of rotatable bonds is 5. The van der Waals surface area contributed by atoms with E-state index in [1.807, 2.05) is 42.5 Å². The smallest absolute Gasteiger partial charge is 0.234 e. The summed E-state index contributed by atoms with van der Waals surface area (Å²) in [6, 6.07) is 15.5. The maximum Gasteiger partial charge on any atom is 0.234 e. The number of hydrogen-bond donors (Lipinski definition) is 1. The molecule has 0 saturated carbocycles. The van der Waals surface area contributed by atoms with Crippen LogP contribution in [0.5, 0.6) is 0 Å². The zero-order chi connectivity index (χ0) is 19.3. The standard InChI is InChI=1S/C21H20ClN3O2S/c22-16-6-7-18(25-9-11-27-12-10-25)17(13-16)24-20(26)14-28-19-5-1-3-15-4-2-8-23-21(15)19/h1-8,13H,9-12,14H2,(H,24,26). The number of carbonyl (C=O) groups excluding carboxylic acids is 1. The number of hydrogen-bond acceptors (Lipinski definition) is 5. The lowest BCUT2D eigenvalue weighted by Crippen LogP contribution is -2.36. The minimum Gasteiger partial charge on any atom is -0.378 e. The molecule has 1 saturated heterocycles. The number of halogens is 1. The molecule has 1 fully saturated rings. The van der Waals surface area contributed by atoms with Gasteiger partial charge >= 0.3 is 0 Å². The normalized spacial score (nSPS) is 14.2. The van der Waals surface area contributed by atoms with Gasteiger partial charge in [0.1, 0.15) is 0 Å². The van der Waals surface area contributed by atoms with Crippen LogP contribution in [0.1, 0.15) is 0 Å². The lowest BCUT2D eigenvalue weighted by atomic mass is 10.2. The lowest BCUT2D eigenvalue weighted by molar-refractivity contribution is -0.113. The van der Waals surface area contributed by atoms with Gasteiger partial charge in [-0.2, -0.15) is 0 Å². The minimum atomic E-state index is -0.0743. The third kappa shape index (κ3) is 4.41. The summed E-state index contributed by atoms with van der Waals surface area (Å²) in [4.78, 5) is 20.3. The molecule has 3 aromatic rings. The van der Waals surface area contributed by atoms with Crippen molar-refractivity contribution in [3.05, 3.63) is 59.8 Å². The Labute approximate surface area is 173 Å². The van der Waals surface area contributed by atoms with E-state index in [0.717, 1.165) is 40.3 Å². The van der Waals surface area contributed by atoms with Gasteiger partial charge in [-0.15, -0.1) is 11.8 Å². The number of carbonyl (C=O) groups is 1. The Hall–Kier alpha value is -2.28. The molecule has 4 rings (SSSR count). The van der Waals surface area contributed by atoms with Crippen LogP contribution in [0, 0.1) is 0 Å². The molecule has 0 spiro atoms. The van der Waals surface area contributed by atoms with E-state index in [1.165, 1.54) is 11.8 Å². The number of thioether (sulfide) groups is 1. The second-order valence-corrected chi connectivity index (χ2v) is 7.88. The van der Waals surface area contributed by atoms with Crippen molar-refractivity contribution in [2.75, 3.05) is 42.3 Å². The molecular weight excluding hydrogens is 394 g/mol. The lowest BCUT2D eigenvalue weighted by Gasteiger charge is -2.30. The van der Waals surface area contributed by atoms with Crippen LogP contribution >= 0.6 is 23.4 Å². The summed E-state index contributed by atoms with van der Waals surface area (Å²) in [6.45, 7) is 2.95. The summed E-state index contributed by atoms with van der Waals surface area (Å²) in [6.07, 6.45) is 1.77. The fraction of sp³-hybridized carbons (Fsp3) is 0.238. The Bertz CT molecular complexity index is 987. The van der Waals surface area contributed by atoms with Gasteiger partial charge in [0.15, 0.2) is 0 Å². The van der Waals surface area contributed by atoms with Crippen LogP contribution in [0.25, 0.3) is 10.9 Å². The molecule has 28 heavy (non-hydrogen) atoms. The molecule has 2 heterocycles. The first-order valence-electron chi connectivity index (χ1n) is 9.09. The largest absolute Gasteiger partial charge is 0.378 e. The predicted molar refractivity (Wildman–Crippen MR) is 116 cm³/mol. The van der Waals surface area contributed by atoms with Gasteiger partial charge in [0, 0.05) is 34.6 Å². The van der Waals surface area contributed by atoms with Crippen LogP contribution in [0.15, 0.2) is 59.6 Å². The SMILES string of the molecule is O=C(CSc1cccc2cccnc12)Nc1cc(Cl)ccc1N1CCOCC1. The third-order valence-corrected chi connectivity index (χ3v) is 5.82. The van der Waals surface area contributed by atoms with Crippen molar-refractivity contribution in [2.45, 2.75) is 4.90 Å². The minimum absolute atomic E-state index is 0.0743. The molecule has 0 aliphatic carbocycles. The van der Waals surface area contributed by atoms with E-state index in [9.17, 15) is 4.79 Å². The molecule has 0 radical (unpaired) electrons. The van der Waals surface area contributed by atoms with Gasteiger partial charge < -0.3 is 15.0 Å². The second kappa shape index (κ2) is 8.82. The Kier molecular flexibility index (Phi) is 6.00. The molecular formula is C21H20ClN3O2S. The molecule has 5 nitrogen and oxygen atoms in total. The van der Waals surface area contributed by atoms with Gasteiger partial charge in [0.05, 0.1) is 35.9 Å². The van der Waals surface area contributed by atoms with Gasteiger partial charge in [-0.3, -0.25) is 9.78 Å². The zero-order valence-electron chi connectivity index (χ0n) is 15.2. The van der Waals surface area contributed by atoms with Crippen molar-refractivity contribution >= 4 is 51.5 Å². The van der Waals surface area contributed by atoms with Crippen molar-refractivity contribution in [1.82, 2.24) is 4.98 Å². The van der Waals surface area contributed by atoms with Crippen LogP contribution in [0.4, 0.5) is 11.4 Å². The van der Waals surface area contributed by atoms with Crippen LogP contribution in [0.3, 0.4) is 0 Å². The van der Waals surface area contributed by atoms with Gasteiger partial charge in [0.25, 0.3) is 0 Å². The monoisotopic (exact) mass is 413 g/mol. The number of nitrogens with one attached hydrogen (secondary N) is 1. The Morgan fingerprint density at radius 2 is 2.00 bits per heavy atom. The highest BCUT2D eigenvalue weighted by Gasteiger charge is 2.17. The number of para-hydroxylation sites is 1. The molecule has 0 unspecified atom stereocenters. The molecule has 0 bridgehead atoms. The maximum absolute atomic E-state index is 12.6. The summed E-state index contributed by atoms with van der Waals surface area (Å²) in [5, 5.41) is 4.68. The van der Waals surface area contributed by atoms with E-state index in [2.05, 4.69) is 15.2 Å². The Morgan fingerprint density at radius 3 is 2.86 bits per heavy atom. The topological polar surface area (TPSA) is 54.5 Å². The van der Waals surface area contributed by atoms with Crippen molar-refractivity contribution in [2.24, 2.45) is 0 Å². The average molecular weight is 414 g/mol. The fourth-order valence-corrected chi connectivity index (χ4v) is 4.22. The molecule has 2 aromatic carbocycles. The van der Waals surface area contributed by atoms with Gasteiger partial charge in [-0.1, -0.05) is 29.8 Å². The fourth-order valence-electron chi connectivity index (χ4n) is 3.21. The van der Waals surface area contributed by atoms with E-state index >= 15 is 0 Å². The number of benzene rings is 2. The maximum atomic E-state index is 12.6. The predicted octanol–water partition coefficient (Wildman–Crippen LogP) is 4.46. The second-order valence-electron chi connectivity index (χ2n) is 6.43. The third-order valence-electron chi connectivity index (χ3n) is 4.54. The highest BCUT2D eigenvalue weighted by molar-refractivity contribution is 8.00. The van der Waals surface area contributed by atoms with Crippen molar-refractivity contribution in [3.63, 3.8) is 0 Å². The van der Waals surface area contributed by atoms with Gasteiger partial charge in [-0.25, -0.2) is 0 Å². The van der Waals surface area contributed by atoms with Crippen molar-refractivity contribution in [3.8, 4) is 0 Å². The average Bonchev–Trinajstić information content (AvgIpc) is 2.73. The number of anilines is 2. The Balaban J connectivity index is 1.47.